The fourth-order valence-electron chi connectivity index (χ4n) is 1.73. The number of methoxy groups -OCH3 is 1. The first-order chi connectivity index (χ1) is 9.77. The Labute approximate surface area is 124 Å². The normalized spacial score (nSPS) is 12.9. The molecule has 0 aliphatic rings. The van der Waals surface area contributed by atoms with Gasteiger partial charge in [-0.05, 0) is 38.0 Å². The summed E-state index contributed by atoms with van der Waals surface area (Å²) in [4.78, 5) is 11.5. The molecule has 0 amide bonds. The Morgan fingerprint density at radius 2 is 2.14 bits per heavy atom. The molecule has 7 nitrogen and oxygen atoms in total. The first-order valence-corrected chi connectivity index (χ1v) is 7.92. The van der Waals surface area contributed by atoms with Crippen LogP contribution in [0.3, 0.4) is 0 Å². The van der Waals surface area contributed by atoms with Crippen LogP contribution in [0.2, 0.25) is 0 Å². The Morgan fingerprint density at radius 3 is 2.71 bits per heavy atom. The lowest BCUT2D eigenvalue weighted by molar-refractivity contribution is 0.0596. The molecule has 1 atom stereocenters. The average Bonchev–Trinajstić information content (AvgIpc) is 2.42. The number of nitrogen functional groups attached to an aromatic ring is 1. The van der Waals surface area contributed by atoms with Crippen LogP contribution < -0.4 is 10.5 Å². The number of anilines is 1. The summed E-state index contributed by atoms with van der Waals surface area (Å²) in [6, 6.07) is 3.92. The van der Waals surface area contributed by atoms with E-state index in [4.69, 9.17) is 10.8 Å². The topological polar surface area (TPSA) is 119 Å². The summed E-state index contributed by atoms with van der Waals surface area (Å²) >= 11 is 0. The Hall–Kier alpha value is -1.64. The van der Waals surface area contributed by atoms with Crippen LogP contribution in [0, 0.1) is 0 Å². The third-order valence-electron chi connectivity index (χ3n) is 2.79. The van der Waals surface area contributed by atoms with Gasteiger partial charge in [-0.15, -0.1) is 0 Å². The third-order valence-corrected chi connectivity index (χ3v) is 4.31. The molecule has 1 unspecified atom stereocenters. The highest BCUT2D eigenvalue weighted by Crippen LogP contribution is 2.19. The van der Waals surface area contributed by atoms with E-state index in [1.807, 2.05) is 0 Å². The van der Waals surface area contributed by atoms with Crippen molar-refractivity contribution in [2.75, 3.05) is 19.4 Å². The minimum atomic E-state index is -3.85. The Kier molecular flexibility index (Phi) is 6.13. The van der Waals surface area contributed by atoms with Crippen molar-refractivity contribution in [3.63, 3.8) is 0 Å². The summed E-state index contributed by atoms with van der Waals surface area (Å²) in [5, 5.41) is 9.13. The highest BCUT2D eigenvalue weighted by Gasteiger charge is 2.22. The SMILES string of the molecule is COC(=O)c1cc(N)ccc1S(=O)(=O)NCCCC(C)O. The van der Waals surface area contributed by atoms with Gasteiger partial charge >= 0.3 is 5.97 Å². The molecule has 1 aromatic rings. The van der Waals surface area contributed by atoms with E-state index in [1.165, 1.54) is 18.2 Å². The van der Waals surface area contributed by atoms with E-state index in [1.54, 1.807) is 6.92 Å². The first kappa shape index (κ1) is 17.4. The van der Waals surface area contributed by atoms with Crippen molar-refractivity contribution in [1.29, 1.82) is 0 Å². The van der Waals surface area contributed by atoms with E-state index in [0.717, 1.165) is 7.11 Å². The second-order valence-electron chi connectivity index (χ2n) is 4.64. The van der Waals surface area contributed by atoms with Gasteiger partial charge in [0, 0.05) is 12.2 Å². The van der Waals surface area contributed by atoms with Crippen LogP contribution in [-0.4, -0.2) is 39.3 Å². The summed E-state index contributed by atoms with van der Waals surface area (Å²) in [5.74, 6) is -0.772. The molecule has 1 rings (SSSR count). The number of carbonyl (C=O) groups is 1. The van der Waals surface area contributed by atoms with Gasteiger partial charge in [-0.2, -0.15) is 0 Å². The Balaban J connectivity index is 2.95. The molecule has 0 bridgehead atoms. The third kappa shape index (κ3) is 5.00. The van der Waals surface area contributed by atoms with Crippen molar-refractivity contribution in [2.45, 2.75) is 30.8 Å². The van der Waals surface area contributed by atoms with Gasteiger partial charge in [0.05, 0.1) is 23.7 Å². The number of benzene rings is 1. The molecule has 0 saturated heterocycles. The molecular weight excluding hydrogens is 296 g/mol. The van der Waals surface area contributed by atoms with Crippen molar-refractivity contribution in [1.82, 2.24) is 4.72 Å². The molecule has 118 valence electrons. The number of nitrogens with two attached hydrogens (primary N) is 1. The highest BCUT2D eigenvalue weighted by atomic mass is 32.2. The maximum atomic E-state index is 12.2. The second-order valence-corrected chi connectivity index (χ2v) is 6.37. The predicted molar refractivity (Wildman–Crippen MR) is 78.3 cm³/mol. The molecule has 21 heavy (non-hydrogen) atoms. The van der Waals surface area contributed by atoms with Crippen molar-refractivity contribution >= 4 is 21.7 Å². The Bertz CT molecular complexity index is 599. The van der Waals surface area contributed by atoms with E-state index < -0.39 is 22.1 Å². The number of aliphatic hydroxyl groups is 1. The van der Waals surface area contributed by atoms with Crippen LogP contribution in [0.25, 0.3) is 0 Å². The van der Waals surface area contributed by atoms with Gasteiger partial charge in [-0.3, -0.25) is 0 Å². The van der Waals surface area contributed by atoms with Crippen LogP contribution in [-0.2, 0) is 14.8 Å². The first-order valence-electron chi connectivity index (χ1n) is 6.43. The van der Waals surface area contributed by atoms with Gasteiger partial charge in [0.25, 0.3) is 0 Å². The standard InChI is InChI=1S/C13H20N2O5S/c1-9(16)4-3-7-15-21(18,19)12-6-5-10(14)8-11(12)13(17)20-2/h5-6,8-9,15-16H,3-4,7,14H2,1-2H3. The number of rotatable bonds is 7. The van der Waals surface area contributed by atoms with Gasteiger partial charge in [-0.25, -0.2) is 17.9 Å². The average molecular weight is 316 g/mol. The molecular formula is C13H20N2O5S. The van der Waals surface area contributed by atoms with Crippen LogP contribution in [0.5, 0.6) is 0 Å². The molecule has 0 saturated carbocycles. The fraction of sp³-hybridized carbons (Fsp3) is 0.462. The summed E-state index contributed by atoms with van der Waals surface area (Å²) < 4.78 is 31.4. The zero-order valence-electron chi connectivity index (χ0n) is 12.0. The lowest BCUT2D eigenvalue weighted by Gasteiger charge is -2.11. The molecule has 0 fully saturated rings. The summed E-state index contributed by atoms with van der Waals surface area (Å²) in [6.07, 6.45) is 0.477. The quantitative estimate of drug-likeness (QED) is 0.383. The zero-order chi connectivity index (χ0) is 16.0. The highest BCUT2D eigenvalue weighted by molar-refractivity contribution is 7.89. The number of esters is 1. The zero-order valence-corrected chi connectivity index (χ0v) is 12.8. The van der Waals surface area contributed by atoms with Gasteiger partial charge in [0.15, 0.2) is 0 Å². The minimum absolute atomic E-state index is 0.111. The molecule has 0 aliphatic heterocycles. The number of hydrogen-bond acceptors (Lipinski definition) is 6. The van der Waals surface area contributed by atoms with Gasteiger partial charge in [0.1, 0.15) is 0 Å². The molecule has 4 N–H and O–H groups in total. The maximum Gasteiger partial charge on any atom is 0.339 e. The largest absolute Gasteiger partial charge is 0.465 e. The van der Waals surface area contributed by atoms with Crippen molar-refractivity contribution in [2.24, 2.45) is 0 Å². The maximum absolute atomic E-state index is 12.2. The molecule has 0 spiro atoms. The summed E-state index contributed by atoms with van der Waals surface area (Å²) in [7, 11) is -2.68. The number of sulfonamides is 1. The van der Waals surface area contributed by atoms with Crippen LogP contribution in [0.1, 0.15) is 30.1 Å². The smallest absolute Gasteiger partial charge is 0.339 e. The molecule has 0 aromatic heterocycles. The number of ether oxygens (including phenoxy) is 1. The monoisotopic (exact) mass is 316 g/mol. The molecule has 1 aromatic carbocycles. The number of aliphatic hydroxyl groups excluding tert-OH is 1. The summed E-state index contributed by atoms with van der Waals surface area (Å²) in [6.45, 7) is 1.79. The lowest BCUT2D eigenvalue weighted by Crippen LogP contribution is -2.27. The molecule has 0 radical (unpaired) electrons. The summed E-state index contributed by atoms with van der Waals surface area (Å²) in [5.41, 5.74) is 5.72. The molecule has 0 aliphatic carbocycles. The lowest BCUT2D eigenvalue weighted by atomic mass is 10.2. The second kappa shape index (κ2) is 7.39. The number of carbonyl (C=O) groups excluding carboxylic acids is 1. The van der Waals surface area contributed by atoms with Crippen LogP contribution >= 0.6 is 0 Å². The predicted octanol–water partition coefficient (Wildman–Crippen LogP) is 0.495. The molecule has 8 heteroatoms. The van der Waals surface area contributed by atoms with E-state index in [-0.39, 0.29) is 22.7 Å². The number of hydrogen-bond donors (Lipinski definition) is 3. The fourth-order valence-corrected chi connectivity index (χ4v) is 2.98. The number of nitrogens with one attached hydrogen (secondary N) is 1. The Morgan fingerprint density at radius 1 is 1.48 bits per heavy atom. The van der Waals surface area contributed by atoms with E-state index in [2.05, 4.69) is 9.46 Å². The minimum Gasteiger partial charge on any atom is -0.465 e. The van der Waals surface area contributed by atoms with Gasteiger partial charge in [0.2, 0.25) is 10.0 Å². The van der Waals surface area contributed by atoms with E-state index in [0.29, 0.717) is 12.8 Å². The van der Waals surface area contributed by atoms with Crippen LogP contribution in [0.4, 0.5) is 5.69 Å². The molecule has 0 heterocycles. The van der Waals surface area contributed by atoms with Crippen molar-refractivity contribution in [3.05, 3.63) is 23.8 Å². The van der Waals surface area contributed by atoms with E-state index >= 15 is 0 Å². The van der Waals surface area contributed by atoms with Crippen molar-refractivity contribution in [3.8, 4) is 0 Å². The van der Waals surface area contributed by atoms with Crippen LogP contribution in [0.15, 0.2) is 23.1 Å². The van der Waals surface area contributed by atoms with E-state index in [9.17, 15) is 13.2 Å². The van der Waals surface area contributed by atoms with Gasteiger partial charge < -0.3 is 15.6 Å². The van der Waals surface area contributed by atoms with Gasteiger partial charge in [-0.1, -0.05) is 0 Å². The van der Waals surface area contributed by atoms with Crippen molar-refractivity contribution < 1.29 is 23.1 Å².